The van der Waals surface area contributed by atoms with Crippen molar-refractivity contribution in [2.75, 3.05) is 6.61 Å². The van der Waals surface area contributed by atoms with Crippen LogP contribution in [-0.2, 0) is 11.2 Å². The lowest BCUT2D eigenvalue weighted by Gasteiger charge is -2.39. The predicted octanol–water partition coefficient (Wildman–Crippen LogP) is -0.202. The van der Waals surface area contributed by atoms with Gasteiger partial charge in [0, 0.05) is 18.6 Å². The Morgan fingerprint density at radius 2 is 1.61 bits per heavy atom. The average Bonchev–Trinajstić information content (AvgIpc) is 2.73. The van der Waals surface area contributed by atoms with Gasteiger partial charge in [0.15, 0.2) is 5.78 Å². The van der Waals surface area contributed by atoms with Crippen LogP contribution >= 0.6 is 0 Å². The normalized spacial score (nSPS) is 25.9. The average molecular weight is 436 g/mol. The van der Waals surface area contributed by atoms with Crippen LogP contribution in [0, 0.1) is 0 Å². The lowest BCUT2D eigenvalue weighted by atomic mass is 9.99. The maximum Gasteiger partial charge on any atom is 0.229 e. The second-order valence-electron chi connectivity index (χ2n) is 7.24. The Kier molecular flexibility index (Phi) is 6.98. The number of aromatic hydroxyl groups is 3. The van der Waals surface area contributed by atoms with E-state index in [0.717, 1.165) is 17.7 Å². The molecule has 31 heavy (non-hydrogen) atoms. The Balaban J connectivity index is 1.82. The summed E-state index contributed by atoms with van der Waals surface area (Å²) in [5.74, 6) is -1.74. The van der Waals surface area contributed by atoms with Crippen LogP contribution in [0.25, 0.3) is 0 Å². The molecule has 0 bridgehead atoms. The summed E-state index contributed by atoms with van der Waals surface area (Å²) in [6.45, 7) is -0.672. The molecule has 7 N–H and O–H groups in total. The third-order valence-electron chi connectivity index (χ3n) is 5.01. The fourth-order valence-electron chi connectivity index (χ4n) is 3.30. The summed E-state index contributed by atoms with van der Waals surface area (Å²) in [6.07, 6.45) is -7.61. The Hall–Kier alpha value is -2.89. The molecule has 0 aromatic heterocycles. The summed E-state index contributed by atoms with van der Waals surface area (Å²) in [7, 11) is 0. The quantitative estimate of drug-likeness (QED) is 0.288. The van der Waals surface area contributed by atoms with Gasteiger partial charge in [-0.2, -0.15) is 0 Å². The number of ether oxygens (including phenoxy) is 2. The summed E-state index contributed by atoms with van der Waals surface area (Å²) >= 11 is 0. The molecule has 168 valence electrons. The van der Waals surface area contributed by atoms with Gasteiger partial charge in [0.25, 0.3) is 0 Å². The van der Waals surface area contributed by atoms with Crippen LogP contribution in [0.1, 0.15) is 22.3 Å². The zero-order valence-electron chi connectivity index (χ0n) is 16.3. The van der Waals surface area contributed by atoms with Crippen LogP contribution in [-0.4, -0.2) is 78.8 Å². The van der Waals surface area contributed by atoms with Gasteiger partial charge in [-0.1, -0.05) is 12.1 Å². The molecule has 2 unspecified atom stereocenters. The molecular formula is C21H24O10. The van der Waals surface area contributed by atoms with Crippen molar-refractivity contribution in [3.8, 4) is 23.0 Å². The number of aliphatic hydroxyl groups is 4. The zero-order chi connectivity index (χ0) is 22.7. The van der Waals surface area contributed by atoms with E-state index >= 15 is 0 Å². The maximum atomic E-state index is 12.8. The number of carbonyl (C=O) groups excluding carboxylic acids is 1. The van der Waals surface area contributed by atoms with E-state index in [9.17, 15) is 40.5 Å². The first-order chi connectivity index (χ1) is 14.7. The van der Waals surface area contributed by atoms with Crippen molar-refractivity contribution in [2.24, 2.45) is 0 Å². The molecule has 2 aromatic carbocycles. The van der Waals surface area contributed by atoms with E-state index < -0.39 is 54.6 Å². The maximum absolute atomic E-state index is 12.8. The van der Waals surface area contributed by atoms with E-state index in [4.69, 9.17) is 9.47 Å². The highest BCUT2D eigenvalue weighted by Crippen LogP contribution is 2.36. The Morgan fingerprint density at radius 1 is 0.935 bits per heavy atom. The Bertz CT molecular complexity index is 911. The summed E-state index contributed by atoms with van der Waals surface area (Å²) in [5.41, 5.74) is 0.495. The fraction of sp³-hybridized carbons (Fsp3) is 0.381. The number of phenolic OH excluding ortho intramolecular Hbond substituents is 3. The Labute approximate surface area is 177 Å². The highest BCUT2D eigenvalue weighted by molar-refractivity contribution is 6.01. The summed E-state index contributed by atoms with van der Waals surface area (Å²) in [5, 5.41) is 68.6. The van der Waals surface area contributed by atoms with Crippen molar-refractivity contribution in [2.45, 2.75) is 43.5 Å². The van der Waals surface area contributed by atoms with Crippen LogP contribution in [0.4, 0.5) is 0 Å². The van der Waals surface area contributed by atoms with Crippen LogP contribution in [0.5, 0.6) is 23.0 Å². The Morgan fingerprint density at radius 3 is 2.26 bits per heavy atom. The van der Waals surface area contributed by atoms with Crippen molar-refractivity contribution in [1.82, 2.24) is 0 Å². The number of aliphatic hydroxyl groups excluding tert-OH is 4. The van der Waals surface area contributed by atoms with Crippen molar-refractivity contribution in [3.05, 3.63) is 47.5 Å². The molecule has 3 rings (SSSR count). The third-order valence-corrected chi connectivity index (χ3v) is 5.01. The first kappa shape index (κ1) is 22.8. The summed E-state index contributed by atoms with van der Waals surface area (Å²) in [4.78, 5) is 12.8. The zero-order valence-corrected chi connectivity index (χ0v) is 16.3. The second-order valence-corrected chi connectivity index (χ2v) is 7.24. The molecule has 2 aromatic rings. The SMILES string of the molecule is O=C(CCc1ccc(O)cc1)c1c(O)cc(O)cc1O[C@@H]1OC(CO)[C@@H](O)[C@@H](O)C1O. The highest BCUT2D eigenvalue weighted by atomic mass is 16.7. The van der Waals surface area contributed by atoms with Gasteiger partial charge in [0.05, 0.1) is 6.61 Å². The number of Topliss-reactive ketones (excluding diaryl/α,β-unsaturated/α-hetero) is 1. The van der Waals surface area contributed by atoms with Gasteiger partial charge in [0.2, 0.25) is 6.29 Å². The van der Waals surface area contributed by atoms with Crippen LogP contribution < -0.4 is 4.74 Å². The minimum Gasteiger partial charge on any atom is -0.508 e. The minimum atomic E-state index is -1.73. The van der Waals surface area contributed by atoms with E-state index in [1.165, 1.54) is 12.1 Å². The number of hydrogen-bond acceptors (Lipinski definition) is 10. The van der Waals surface area contributed by atoms with Crippen molar-refractivity contribution in [1.29, 1.82) is 0 Å². The smallest absolute Gasteiger partial charge is 0.229 e. The summed E-state index contributed by atoms with van der Waals surface area (Å²) < 4.78 is 10.7. The lowest BCUT2D eigenvalue weighted by Crippen LogP contribution is -2.60. The number of carbonyl (C=O) groups is 1. The fourth-order valence-corrected chi connectivity index (χ4v) is 3.30. The van der Waals surface area contributed by atoms with Crippen molar-refractivity contribution in [3.63, 3.8) is 0 Å². The number of ketones is 1. The molecule has 0 saturated carbocycles. The van der Waals surface area contributed by atoms with E-state index in [1.54, 1.807) is 12.1 Å². The molecule has 10 heteroatoms. The van der Waals surface area contributed by atoms with Crippen LogP contribution in [0.3, 0.4) is 0 Å². The topological polar surface area (TPSA) is 177 Å². The molecule has 1 heterocycles. The number of rotatable bonds is 7. The van der Waals surface area contributed by atoms with Crippen LogP contribution in [0.2, 0.25) is 0 Å². The largest absolute Gasteiger partial charge is 0.508 e. The minimum absolute atomic E-state index is 0.0475. The molecule has 1 saturated heterocycles. The monoisotopic (exact) mass is 436 g/mol. The highest BCUT2D eigenvalue weighted by Gasteiger charge is 2.45. The summed E-state index contributed by atoms with van der Waals surface area (Å²) in [6, 6.07) is 8.23. The van der Waals surface area contributed by atoms with Gasteiger partial charge in [-0.3, -0.25) is 4.79 Å². The lowest BCUT2D eigenvalue weighted by molar-refractivity contribution is -0.277. The third kappa shape index (κ3) is 5.06. The number of hydrogen-bond donors (Lipinski definition) is 7. The van der Waals surface area contributed by atoms with Gasteiger partial charge in [-0.25, -0.2) is 0 Å². The van der Waals surface area contributed by atoms with Gasteiger partial charge in [0.1, 0.15) is 53.0 Å². The van der Waals surface area contributed by atoms with Gasteiger partial charge < -0.3 is 45.2 Å². The molecule has 5 atom stereocenters. The van der Waals surface area contributed by atoms with Crippen molar-refractivity contribution >= 4 is 5.78 Å². The standard InChI is InChI=1S/C21H24O10/c22-9-16-18(27)19(28)20(29)21(31-16)30-15-8-12(24)7-14(26)17(15)13(25)6-3-10-1-4-11(23)5-2-10/h1-2,4-5,7-8,16,18-24,26-29H,3,6,9H2/t16?,18-,19-,20?,21-/m1/s1. The molecular weight excluding hydrogens is 412 g/mol. The second kappa shape index (κ2) is 9.50. The number of phenols is 3. The number of aryl methyl sites for hydroxylation is 1. The van der Waals surface area contributed by atoms with E-state index in [2.05, 4.69) is 0 Å². The van der Waals surface area contributed by atoms with Gasteiger partial charge in [-0.05, 0) is 24.1 Å². The van der Waals surface area contributed by atoms with Gasteiger partial charge >= 0.3 is 0 Å². The predicted molar refractivity (Wildman–Crippen MR) is 105 cm³/mol. The first-order valence-corrected chi connectivity index (χ1v) is 9.55. The molecule has 1 aliphatic rings. The van der Waals surface area contributed by atoms with Crippen molar-refractivity contribution < 1.29 is 50.0 Å². The molecule has 0 spiro atoms. The molecule has 0 amide bonds. The molecule has 10 nitrogen and oxygen atoms in total. The van der Waals surface area contributed by atoms with E-state index in [1.807, 2.05) is 0 Å². The molecule has 0 radical (unpaired) electrons. The molecule has 0 aliphatic carbocycles. The number of benzene rings is 2. The van der Waals surface area contributed by atoms with Gasteiger partial charge in [-0.15, -0.1) is 0 Å². The molecule has 1 fully saturated rings. The van der Waals surface area contributed by atoms with Crippen LogP contribution in [0.15, 0.2) is 36.4 Å². The molecule has 1 aliphatic heterocycles. The van der Waals surface area contributed by atoms with E-state index in [0.29, 0.717) is 6.42 Å². The first-order valence-electron chi connectivity index (χ1n) is 9.55. The van der Waals surface area contributed by atoms with E-state index in [-0.39, 0.29) is 23.5 Å².